The monoisotopic (exact) mass is 445 g/mol. The van der Waals surface area contributed by atoms with E-state index in [1.54, 1.807) is 11.9 Å². The predicted octanol–water partition coefficient (Wildman–Crippen LogP) is 3.25. The number of aromatic amines is 1. The van der Waals surface area contributed by atoms with Gasteiger partial charge in [-0.2, -0.15) is 0 Å². The van der Waals surface area contributed by atoms with E-state index in [1.807, 2.05) is 34.6 Å². The molecule has 1 N–H and O–H groups in total. The van der Waals surface area contributed by atoms with E-state index in [1.165, 1.54) is 11.0 Å². The maximum absolute atomic E-state index is 13.2. The summed E-state index contributed by atoms with van der Waals surface area (Å²) in [4.78, 5) is 56.7. The van der Waals surface area contributed by atoms with Crippen LogP contribution in [0.5, 0.6) is 0 Å². The number of pyridine rings is 1. The number of hydrogen-bond donors (Lipinski definition) is 1. The molecule has 1 saturated heterocycles. The van der Waals surface area contributed by atoms with Gasteiger partial charge in [-0.3, -0.25) is 14.4 Å². The zero-order valence-electron chi connectivity index (χ0n) is 20.0. The van der Waals surface area contributed by atoms with Gasteiger partial charge in [0.05, 0.1) is 0 Å². The first-order valence-electron chi connectivity index (χ1n) is 11.3. The van der Waals surface area contributed by atoms with Gasteiger partial charge in [0.15, 0.2) is 5.78 Å². The molecule has 0 saturated carbocycles. The number of H-pyrrole nitrogens is 1. The standard InChI is InChI=1S/C24H35N3O5/c1-23(2,3)32-22(31)26(6)13-15-8-7-9-27(14-15)21(30)17-10-16-18(25-20(17)29)11-24(4,5)12-19(16)28/h10,15H,7-9,11-14H2,1-6H3,(H,25,29). The Morgan fingerprint density at radius 2 is 1.94 bits per heavy atom. The maximum Gasteiger partial charge on any atom is 0.410 e. The molecule has 1 aromatic heterocycles. The largest absolute Gasteiger partial charge is 0.444 e. The van der Waals surface area contributed by atoms with Crippen molar-refractivity contribution in [2.75, 3.05) is 26.7 Å². The number of aromatic nitrogens is 1. The fourth-order valence-electron chi connectivity index (χ4n) is 4.56. The van der Waals surface area contributed by atoms with E-state index in [-0.39, 0.29) is 28.6 Å². The zero-order valence-corrected chi connectivity index (χ0v) is 20.0. The van der Waals surface area contributed by atoms with E-state index in [4.69, 9.17) is 4.74 Å². The minimum atomic E-state index is -0.569. The van der Waals surface area contributed by atoms with Crippen molar-refractivity contribution in [2.24, 2.45) is 11.3 Å². The number of piperidine rings is 1. The number of carbonyl (C=O) groups excluding carboxylic acids is 3. The lowest BCUT2D eigenvalue weighted by molar-refractivity contribution is 0.0244. The number of nitrogens with zero attached hydrogens (tertiary/aromatic N) is 2. The molecule has 0 spiro atoms. The van der Waals surface area contributed by atoms with Gasteiger partial charge in [-0.05, 0) is 57.4 Å². The minimum absolute atomic E-state index is 0.0120. The molecule has 2 amide bonds. The molecule has 1 atom stereocenters. The lowest BCUT2D eigenvalue weighted by atomic mass is 9.75. The highest BCUT2D eigenvalue weighted by atomic mass is 16.6. The van der Waals surface area contributed by atoms with Crippen LogP contribution in [0, 0.1) is 11.3 Å². The zero-order chi connectivity index (χ0) is 23.8. The third-order valence-corrected chi connectivity index (χ3v) is 5.99. The number of amides is 2. The molecule has 1 unspecified atom stereocenters. The Labute approximate surface area is 189 Å². The summed E-state index contributed by atoms with van der Waals surface area (Å²) in [6, 6.07) is 1.48. The number of rotatable bonds is 3. The van der Waals surface area contributed by atoms with Crippen molar-refractivity contribution in [3.05, 3.63) is 33.2 Å². The molecule has 0 aromatic carbocycles. The SMILES string of the molecule is CN(CC1CCCN(C(=O)c2cc3c([nH]c2=O)CC(C)(C)CC3=O)C1)C(=O)OC(C)(C)C. The number of ether oxygens (including phenoxy) is 1. The number of hydrogen-bond acceptors (Lipinski definition) is 5. The van der Waals surface area contributed by atoms with Gasteiger partial charge in [0.1, 0.15) is 11.2 Å². The van der Waals surface area contributed by atoms with Crippen LogP contribution in [-0.2, 0) is 11.2 Å². The van der Waals surface area contributed by atoms with Gasteiger partial charge in [-0.1, -0.05) is 13.8 Å². The second kappa shape index (κ2) is 8.71. The Morgan fingerprint density at radius 3 is 2.59 bits per heavy atom. The molecule has 1 aliphatic heterocycles. The summed E-state index contributed by atoms with van der Waals surface area (Å²) in [5.41, 5.74) is -0.155. The number of ketones is 1. The minimum Gasteiger partial charge on any atom is -0.444 e. The van der Waals surface area contributed by atoms with E-state index in [0.717, 1.165) is 12.8 Å². The summed E-state index contributed by atoms with van der Waals surface area (Å²) < 4.78 is 5.41. The van der Waals surface area contributed by atoms with Crippen LogP contribution >= 0.6 is 0 Å². The fraction of sp³-hybridized carbons (Fsp3) is 0.667. The van der Waals surface area contributed by atoms with Crippen molar-refractivity contribution in [3.8, 4) is 0 Å². The normalized spacial score (nSPS) is 20.5. The first-order valence-corrected chi connectivity index (χ1v) is 11.3. The molecule has 1 aromatic rings. The Kier molecular flexibility index (Phi) is 6.54. The third kappa shape index (κ3) is 5.58. The smallest absolute Gasteiger partial charge is 0.410 e. The van der Waals surface area contributed by atoms with Crippen molar-refractivity contribution >= 4 is 17.8 Å². The number of likely N-dealkylation sites (tertiary alicyclic amines) is 1. The summed E-state index contributed by atoms with van der Waals surface area (Å²) in [6.07, 6.45) is 2.26. The molecule has 0 radical (unpaired) electrons. The van der Waals surface area contributed by atoms with Crippen LogP contribution in [0.3, 0.4) is 0 Å². The fourth-order valence-corrected chi connectivity index (χ4v) is 4.56. The van der Waals surface area contributed by atoms with Crippen LogP contribution in [-0.4, -0.2) is 64.9 Å². The van der Waals surface area contributed by atoms with Crippen molar-refractivity contribution in [1.29, 1.82) is 0 Å². The first-order chi connectivity index (χ1) is 14.8. The number of carbonyl (C=O) groups is 3. The molecule has 3 rings (SSSR count). The Morgan fingerprint density at radius 1 is 1.25 bits per heavy atom. The van der Waals surface area contributed by atoms with Crippen molar-refractivity contribution in [3.63, 3.8) is 0 Å². The lowest BCUT2D eigenvalue weighted by Crippen LogP contribution is -2.46. The molecule has 0 bridgehead atoms. The van der Waals surface area contributed by atoms with Gasteiger partial charge in [0.2, 0.25) is 0 Å². The summed E-state index contributed by atoms with van der Waals surface area (Å²) >= 11 is 0. The van der Waals surface area contributed by atoms with E-state index in [2.05, 4.69) is 4.98 Å². The van der Waals surface area contributed by atoms with Gasteiger partial charge in [-0.15, -0.1) is 0 Å². The Balaban J connectivity index is 1.72. The number of fused-ring (bicyclic) bond motifs is 1. The average molecular weight is 446 g/mol. The molecule has 2 heterocycles. The summed E-state index contributed by atoms with van der Waals surface area (Å²) in [6.45, 7) is 10.9. The molecular formula is C24H35N3O5. The molecule has 8 nitrogen and oxygen atoms in total. The van der Waals surface area contributed by atoms with Gasteiger partial charge >= 0.3 is 6.09 Å². The van der Waals surface area contributed by atoms with E-state index >= 15 is 0 Å². The topological polar surface area (TPSA) is 99.8 Å². The van der Waals surface area contributed by atoms with Crippen molar-refractivity contribution in [1.82, 2.24) is 14.8 Å². The van der Waals surface area contributed by atoms with Crippen LogP contribution in [0.1, 0.15) is 80.3 Å². The van der Waals surface area contributed by atoms with Crippen molar-refractivity contribution in [2.45, 2.75) is 65.9 Å². The summed E-state index contributed by atoms with van der Waals surface area (Å²) in [5, 5.41) is 0. The highest BCUT2D eigenvalue weighted by Gasteiger charge is 2.34. The third-order valence-electron chi connectivity index (χ3n) is 5.99. The van der Waals surface area contributed by atoms with Gasteiger partial charge in [0.25, 0.3) is 11.5 Å². The molecule has 1 aliphatic carbocycles. The van der Waals surface area contributed by atoms with E-state index in [0.29, 0.717) is 43.7 Å². The summed E-state index contributed by atoms with van der Waals surface area (Å²) in [5.74, 6) is -0.322. The van der Waals surface area contributed by atoms with Crippen molar-refractivity contribution < 1.29 is 19.1 Å². The quantitative estimate of drug-likeness (QED) is 0.770. The van der Waals surface area contributed by atoms with Gasteiger partial charge in [-0.25, -0.2) is 4.79 Å². The highest BCUT2D eigenvalue weighted by molar-refractivity contribution is 6.02. The van der Waals surface area contributed by atoms with Crippen LogP contribution in [0.15, 0.2) is 10.9 Å². The lowest BCUT2D eigenvalue weighted by Gasteiger charge is -2.35. The molecule has 32 heavy (non-hydrogen) atoms. The summed E-state index contributed by atoms with van der Waals surface area (Å²) in [7, 11) is 1.69. The number of Topliss-reactive ketones (excluding diaryl/α,β-unsaturated/α-hetero) is 1. The van der Waals surface area contributed by atoms with Crippen LogP contribution in [0.2, 0.25) is 0 Å². The van der Waals surface area contributed by atoms with E-state index in [9.17, 15) is 19.2 Å². The van der Waals surface area contributed by atoms with Crippen LogP contribution in [0.25, 0.3) is 0 Å². The first kappa shape index (κ1) is 24.0. The predicted molar refractivity (Wildman–Crippen MR) is 121 cm³/mol. The molecule has 8 heteroatoms. The average Bonchev–Trinajstić information content (AvgIpc) is 2.65. The van der Waals surface area contributed by atoms with Gasteiger partial charge in [0, 0.05) is 44.4 Å². The van der Waals surface area contributed by atoms with E-state index < -0.39 is 17.3 Å². The molecule has 2 aliphatic rings. The van der Waals surface area contributed by atoms with Crippen LogP contribution < -0.4 is 5.56 Å². The highest BCUT2D eigenvalue weighted by Crippen LogP contribution is 2.33. The Hall–Kier alpha value is -2.64. The maximum atomic E-state index is 13.2. The molecular weight excluding hydrogens is 410 g/mol. The molecule has 176 valence electrons. The Bertz CT molecular complexity index is 973. The second-order valence-electron chi connectivity index (χ2n) is 11.0. The molecule has 1 fully saturated rings. The van der Waals surface area contributed by atoms with Gasteiger partial charge < -0.3 is 19.5 Å². The van der Waals surface area contributed by atoms with Crippen LogP contribution in [0.4, 0.5) is 4.79 Å². The second-order valence-corrected chi connectivity index (χ2v) is 11.0. The number of nitrogens with one attached hydrogen (secondary N) is 1.